The smallest absolute Gasteiger partial charge is 0.150 e. The van der Waals surface area contributed by atoms with Gasteiger partial charge in [0.25, 0.3) is 0 Å². The first-order valence-corrected chi connectivity index (χ1v) is 15.3. The number of anilines is 2. The van der Waals surface area contributed by atoms with Crippen molar-refractivity contribution in [2.24, 2.45) is 0 Å². The molecule has 0 saturated carbocycles. The van der Waals surface area contributed by atoms with E-state index in [0.717, 1.165) is 78.5 Å². The summed E-state index contributed by atoms with van der Waals surface area (Å²) in [5, 5.41) is 5.65. The Bertz CT molecular complexity index is 1440. The molecule has 6 heterocycles. The Morgan fingerprint density at radius 2 is 1.92 bits per heavy atom. The van der Waals surface area contributed by atoms with Gasteiger partial charge in [-0.3, -0.25) is 9.19 Å². The van der Waals surface area contributed by atoms with E-state index in [0.29, 0.717) is 32.8 Å². The third-order valence-electron chi connectivity index (χ3n) is 7.55. The predicted molar refractivity (Wildman–Crippen MR) is 152 cm³/mol. The van der Waals surface area contributed by atoms with Crippen molar-refractivity contribution >= 4 is 38.0 Å². The number of pyridine rings is 2. The van der Waals surface area contributed by atoms with Crippen LogP contribution in [0.25, 0.3) is 22.3 Å². The number of aromatic nitrogens is 4. The number of nitrogens with zero attached hydrogens (tertiary/aromatic N) is 7. The zero-order valence-corrected chi connectivity index (χ0v) is 22.7. The summed E-state index contributed by atoms with van der Waals surface area (Å²) in [5.74, 6) is 4.71. The Hall–Kier alpha value is -2.99. The van der Waals surface area contributed by atoms with Crippen LogP contribution < -0.4 is 9.80 Å². The minimum absolute atomic E-state index is 0.105. The molecule has 3 aliphatic heterocycles. The van der Waals surface area contributed by atoms with Crippen LogP contribution in [0.1, 0.15) is 25.5 Å². The standard InChI is InChI=1S/C27H35N7O3S/c1-20-19-36-17-15-33(20)24-18-23(31-11-13-32(14-12-31)38(2,3)35)21-7-9-28-27(26(21)30-24)22-8-10-29-34(22)25-6-4-5-16-37-25/h7-10,18,25H,1-2,4-6,11-17,19H2,3H3. The topological polar surface area (TPSA) is 88.9 Å². The predicted octanol–water partition coefficient (Wildman–Crippen LogP) is 2.93. The molecule has 2 unspecified atom stereocenters. The van der Waals surface area contributed by atoms with Gasteiger partial charge in [0, 0.05) is 84.8 Å². The summed E-state index contributed by atoms with van der Waals surface area (Å²) in [6.07, 6.45) is 8.38. The first-order chi connectivity index (χ1) is 18.4. The lowest BCUT2D eigenvalue weighted by molar-refractivity contribution is -0.0383. The molecule has 3 aromatic heterocycles. The fourth-order valence-corrected chi connectivity index (χ4v) is 6.47. The van der Waals surface area contributed by atoms with E-state index in [1.165, 1.54) is 0 Å². The van der Waals surface area contributed by atoms with E-state index < -0.39 is 9.71 Å². The largest absolute Gasteiger partial charge is 0.373 e. The van der Waals surface area contributed by atoms with Crippen LogP contribution in [0.4, 0.5) is 11.5 Å². The van der Waals surface area contributed by atoms with Gasteiger partial charge < -0.3 is 19.3 Å². The van der Waals surface area contributed by atoms with Crippen molar-refractivity contribution in [3.05, 3.63) is 42.9 Å². The molecule has 3 aromatic rings. The molecule has 0 spiro atoms. The number of morpholine rings is 1. The van der Waals surface area contributed by atoms with Gasteiger partial charge in [-0.15, -0.1) is 0 Å². The van der Waals surface area contributed by atoms with Gasteiger partial charge in [-0.25, -0.2) is 14.0 Å². The summed E-state index contributed by atoms with van der Waals surface area (Å²) >= 11 is 0. The van der Waals surface area contributed by atoms with Crippen molar-refractivity contribution in [2.45, 2.75) is 25.5 Å². The normalized spacial score (nSPS) is 23.1. The van der Waals surface area contributed by atoms with E-state index in [-0.39, 0.29) is 6.23 Å². The number of ether oxygens (including phenoxy) is 2. The minimum Gasteiger partial charge on any atom is -0.373 e. The molecule has 0 radical (unpaired) electrons. The highest BCUT2D eigenvalue weighted by molar-refractivity contribution is 7.97. The summed E-state index contributed by atoms with van der Waals surface area (Å²) in [5.41, 5.74) is 4.46. The molecule has 0 aromatic carbocycles. The van der Waals surface area contributed by atoms with Crippen LogP contribution in [0.15, 0.2) is 42.9 Å². The van der Waals surface area contributed by atoms with Crippen molar-refractivity contribution in [3.8, 4) is 11.4 Å². The fraction of sp³-hybridized carbons (Fsp3) is 0.481. The zero-order valence-electron chi connectivity index (χ0n) is 21.9. The zero-order chi connectivity index (χ0) is 26.3. The number of rotatable bonds is 5. The lowest BCUT2D eigenvalue weighted by Gasteiger charge is -2.38. The molecular weight excluding hydrogens is 502 g/mol. The first-order valence-electron chi connectivity index (χ1n) is 13.2. The quantitative estimate of drug-likeness (QED) is 0.459. The van der Waals surface area contributed by atoms with Crippen molar-refractivity contribution < 1.29 is 13.7 Å². The molecule has 3 saturated heterocycles. The number of fused-ring (bicyclic) bond motifs is 1. The van der Waals surface area contributed by atoms with E-state index in [1.54, 1.807) is 6.26 Å². The van der Waals surface area contributed by atoms with Crippen molar-refractivity contribution in [2.75, 3.05) is 68.6 Å². The highest BCUT2D eigenvalue weighted by Gasteiger charge is 2.27. The highest BCUT2D eigenvalue weighted by atomic mass is 32.2. The first kappa shape index (κ1) is 25.3. The summed E-state index contributed by atoms with van der Waals surface area (Å²) < 4.78 is 28.2. The second kappa shape index (κ2) is 10.3. The number of hydrogen-bond donors (Lipinski definition) is 0. The lowest BCUT2D eigenvalue weighted by Crippen LogP contribution is -2.48. The van der Waals surface area contributed by atoms with Crippen molar-refractivity contribution in [1.29, 1.82) is 0 Å². The van der Waals surface area contributed by atoms with Gasteiger partial charge in [-0.1, -0.05) is 6.58 Å². The molecule has 3 fully saturated rings. The third-order valence-corrected chi connectivity index (χ3v) is 9.00. The van der Waals surface area contributed by atoms with Gasteiger partial charge >= 0.3 is 0 Å². The molecule has 38 heavy (non-hydrogen) atoms. The Labute approximate surface area is 224 Å². The van der Waals surface area contributed by atoms with Gasteiger partial charge in [-0.05, 0) is 37.3 Å². The Morgan fingerprint density at radius 3 is 2.66 bits per heavy atom. The van der Waals surface area contributed by atoms with E-state index >= 15 is 0 Å². The molecule has 0 N–H and O–H groups in total. The average molecular weight is 538 g/mol. The number of piperazine rings is 1. The second-order valence-corrected chi connectivity index (χ2v) is 12.6. The van der Waals surface area contributed by atoms with Crippen molar-refractivity contribution in [3.63, 3.8) is 0 Å². The van der Waals surface area contributed by atoms with E-state index in [9.17, 15) is 4.21 Å². The lowest BCUT2D eigenvalue weighted by atomic mass is 10.1. The monoisotopic (exact) mass is 537 g/mol. The van der Waals surface area contributed by atoms with Gasteiger partial charge in [0.05, 0.1) is 24.6 Å². The molecule has 0 amide bonds. The maximum Gasteiger partial charge on any atom is 0.150 e. The summed E-state index contributed by atoms with van der Waals surface area (Å²) in [6.45, 7) is 9.62. The molecule has 0 aliphatic carbocycles. The summed E-state index contributed by atoms with van der Waals surface area (Å²) in [7, 11) is -2.23. The average Bonchev–Trinajstić information content (AvgIpc) is 3.42. The van der Waals surface area contributed by atoms with Crippen LogP contribution in [-0.4, -0.2) is 92.9 Å². The molecule has 10 nitrogen and oxygen atoms in total. The van der Waals surface area contributed by atoms with Gasteiger partial charge in [0.2, 0.25) is 0 Å². The fourth-order valence-electron chi connectivity index (χ4n) is 5.53. The van der Waals surface area contributed by atoms with Crippen LogP contribution in [-0.2, 0) is 19.2 Å². The van der Waals surface area contributed by atoms with Crippen LogP contribution in [0, 0.1) is 0 Å². The van der Waals surface area contributed by atoms with Crippen molar-refractivity contribution in [1.82, 2.24) is 24.1 Å². The maximum atomic E-state index is 12.6. The molecular formula is C27H35N7O3S. The maximum absolute atomic E-state index is 12.6. The molecule has 11 heteroatoms. The van der Waals surface area contributed by atoms with Gasteiger partial charge in [0.15, 0.2) is 6.23 Å². The number of hydrogen-bond acceptors (Lipinski definition) is 8. The summed E-state index contributed by atoms with van der Waals surface area (Å²) in [6, 6.07) is 6.17. The van der Waals surface area contributed by atoms with Crippen LogP contribution >= 0.6 is 0 Å². The molecule has 0 bridgehead atoms. The van der Waals surface area contributed by atoms with Crippen LogP contribution in [0.5, 0.6) is 0 Å². The molecule has 3 aliphatic rings. The van der Waals surface area contributed by atoms with Crippen LogP contribution in [0.3, 0.4) is 0 Å². The Kier molecular flexibility index (Phi) is 6.85. The second-order valence-electron chi connectivity index (χ2n) is 10.2. The van der Waals surface area contributed by atoms with Gasteiger partial charge in [0.1, 0.15) is 17.0 Å². The molecule has 6 rings (SSSR count). The van der Waals surface area contributed by atoms with Crippen LogP contribution in [0.2, 0.25) is 0 Å². The highest BCUT2D eigenvalue weighted by Crippen LogP contribution is 2.37. The summed E-state index contributed by atoms with van der Waals surface area (Å²) in [4.78, 5) is 14.5. The SMILES string of the molecule is C=C1COCCN1c1cc(N2CCN(S(=C)(C)=O)CC2)c2ccnc(-c3ccnn3C3CCCCO3)c2n1. The Morgan fingerprint density at radius 1 is 1.08 bits per heavy atom. The minimum atomic E-state index is -2.23. The Balaban J connectivity index is 1.47. The molecule has 2 atom stereocenters. The van der Waals surface area contributed by atoms with E-state index in [1.807, 2.05) is 33.5 Å². The van der Waals surface area contributed by atoms with E-state index in [2.05, 4.69) is 33.4 Å². The molecule has 202 valence electrons. The van der Waals surface area contributed by atoms with E-state index in [4.69, 9.17) is 19.4 Å². The third kappa shape index (κ3) is 4.79. The van der Waals surface area contributed by atoms with Gasteiger partial charge in [-0.2, -0.15) is 5.10 Å².